The number of alkyl halides is 3. The first kappa shape index (κ1) is 21.2. The van der Waals surface area contributed by atoms with E-state index in [1.807, 2.05) is 30.3 Å². The van der Waals surface area contributed by atoms with Crippen LogP contribution in [-0.4, -0.2) is 29.5 Å². The second-order valence-electron chi connectivity index (χ2n) is 7.77. The van der Waals surface area contributed by atoms with Gasteiger partial charge in [0.2, 0.25) is 0 Å². The van der Waals surface area contributed by atoms with Crippen LogP contribution in [0.2, 0.25) is 0 Å². The van der Waals surface area contributed by atoms with Crippen molar-refractivity contribution in [3.63, 3.8) is 0 Å². The molecule has 2 aliphatic rings. The van der Waals surface area contributed by atoms with Crippen LogP contribution in [0, 0.1) is 0 Å². The number of esters is 1. The van der Waals surface area contributed by atoms with Gasteiger partial charge in [0.1, 0.15) is 18.8 Å². The normalized spacial score (nSPS) is 20.4. The molecule has 5 nitrogen and oxygen atoms in total. The van der Waals surface area contributed by atoms with Crippen LogP contribution >= 0.6 is 0 Å². The van der Waals surface area contributed by atoms with Crippen molar-refractivity contribution in [3.05, 3.63) is 70.8 Å². The van der Waals surface area contributed by atoms with Gasteiger partial charge in [-0.25, -0.2) is 9.59 Å². The topological polar surface area (TPSA) is 55.8 Å². The third-order valence-electron chi connectivity index (χ3n) is 5.72. The fraction of sp³-hybridized carbons (Fsp3) is 0.391. The van der Waals surface area contributed by atoms with Crippen molar-refractivity contribution in [3.8, 4) is 0 Å². The summed E-state index contributed by atoms with van der Waals surface area (Å²) in [7, 11) is 0. The Labute approximate surface area is 177 Å². The molecule has 0 N–H and O–H groups in total. The summed E-state index contributed by atoms with van der Waals surface area (Å²) in [5.74, 6) is -0.549. The van der Waals surface area contributed by atoms with Crippen molar-refractivity contribution in [2.75, 3.05) is 6.54 Å². The number of hydrogen-bond acceptors (Lipinski definition) is 4. The summed E-state index contributed by atoms with van der Waals surface area (Å²) < 4.78 is 49.7. The molecule has 1 heterocycles. The van der Waals surface area contributed by atoms with Gasteiger partial charge in [0.15, 0.2) is 0 Å². The Morgan fingerprint density at radius 1 is 1.06 bits per heavy atom. The molecule has 164 valence electrons. The Morgan fingerprint density at radius 2 is 1.84 bits per heavy atom. The monoisotopic (exact) mass is 433 g/mol. The lowest BCUT2D eigenvalue weighted by molar-refractivity contribution is -0.154. The van der Waals surface area contributed by atoms with E-state index in [9.17, 15) is 22.8 Å². The number of hydrogen-bond donors (Lipinski definition) is 0. The molecule has 8 heteroatoms. The van der Waals surface area contributed by atoms with Crippen LogP contribution in [0.5, 0.6) is 0 Å². The molecule has 2 atom stereocenters. The van der Waals surface area contributed by atoms with E-state index in [0.717, 1.165) is 17.7 Å². The van der Waals surface area contributed by atoms with E-state index in [-0.39, 0.29) is 6.61 Å². The molecule has 2 aromatic rings. The zero-order valence-electron chi connectivity index (χ0n) is 16.7. The van der Waals surface area contributed by atoms with Crippen molar-refractivity contribution >= 4 is 12.1 Å². The van der Waals surface area contributed by atoms with Crippen LogP contribution in [0.25, 0.3) is 0 Å². The van der Waals surface area contributed by atoms with Crippen molar-refractivity contribution < 1.29 is 32.2 Å². The average molecular weight is 433 g/mol. The van der Waals surface area contributed by atoms with Crippen molar-refractivity contribution in [1.82, 2.24) is 4.90 Å². The SMILES string of the molecule is O=C(OC1CCc2cc(C(F)(F)F)ccc21)[C@@H]1CCCN1C(=O)OCc1ccccc1. The summed E-state index contributed by atoms with van der Waals surface area (Å²) in [6.45, 7) is 0.499. The van der Waals surface area contributed by atoms with Crippen LogP contribution in [0.1, 0.15) is 47.6 Å². The third kappa shape index (κ3) is 4.68. The lowest BCUT2D eigenvalue weighted by atomic mass is 10.1. The number of benzene rings is 2. The molecular formula is C23H22F3NO4. The highest BCUT2D eigenvalue weighted by molar-refractivity contribution is 5.82. The number of carbonyl (C=O) groups excluding carboxylic acids is 2. The third-order valence-corrected chi connectivity index (χ3v) is 5.72. The molecule has 4 rings (SSSR count). The van der Waals surface area contributed by atoms with Crippen LogP contribution < -0.4 is 0 Å². The number of nitrogens with zero attached hydrogens (tertiary/aromatic N) is 1. The van der Waals surface area contributed by atoms with E-state index in [1.165, 1.54) is 11.0 Å². The van der Waals surface area contributed by atoms with Gasteiger partial charge in [-0.3, -0.25) is 4.90 Å². The number of rotatable bonds is 4. The molecule has 1 unspecified atom stereocenters. The van der Waals surface area contributed by atoms with E-state index < -0.39 is 35.9 Å². The Bertz CT molecular complexity index is 961. The van der Waals surface area contributed by atoms with E-state index in [0.29, 0.717) is 43.4 Å². The average Bonchev–Trinajstić information content (AvgIpc) is 3.39. The summed E-state index contributed by atoms with van der Waals surface area (Å²) in [5.41, 5.74) is 1.27. The Hall–Kier alpha value is -3.03. The number of amides is 1. The minimum Gasteiger partial charge on any atom is -0.456 e. The van der Waals surface area contributed by atoms with Gasteiger partial charge in [0, 0.05) is 6.54 Å². The van der Waals surface area contributed by atoms with Crippen LogP contribution in [0.15, 0.2) is 48.5 Å². The van der Waals surface area contributed by atoms with Gasteiger partial charge in [-0.1, -0.05) is 36.4 Å². The van der Waals surface area contributed by atoms with Gasteiger partial charge in [0.25, 0.3) is 0 Å². The standard InChI is InChI=1S/C23H22F3NO4/c24-23(25,26)17-9-10-18-16(13-17)8-11-20(18)31-21(28)19-7-4-12-27(19)22(29)30-14-15-5-2-1-3-6-15/h1-3,5-6,9-10,13,19-20H,4,7-8,11-12,14H2/t19-,20?/m0/s1. The van der Waals surface area contributed by atoms with E-state index >= 15 is 0 Å². The van der Waals surface area contributed by atoms with Crippen LogP contribution in [0.3, 0.4) is 0 Å². The molecule has 1 aliphatic heterocycles. The first-order valence-corrected chi connectivity index (χ1v) is 10.2. The first-order valence-electron chi connectivity index (χ1n) is 10.2. The maximum absolute atomic E-state index is 12.9. The number of halogens is 3. The molecule has 0 aromatic heterocycles. The summed E-state index contributed by atoms with van der Waals surface area (Å²) in [6.07, 6.45) is -3.65. The number of carbonyl (C=O) groups is 2. The van der Waals surface area contributed by atoms with Gasteiger partial charge in [-0.2, -0.15) is 13.2 Å². The number of aryl methyl sites for hydroxylation is 1. The lowest BCUT2D eigenvalue weighted by Crippen LogP contribution is -2.41. The Kier molecular flexibility index (Phi) is 5.89. The molecule has 1 saturated heterocycles. The second kappa shape index (κ2) is 8.61. The summed E-state index contributed by atoms with van der Waals surface area (Å²) in [5, 5.41) is 0. The quantitative estimate of drug-likeness (QED) is 0.634. The second-order valence-corrected chi connectivity index (χ2v) is 7.77. The maximum atomic E-state index is 12.9. The number of likely N-dealkylation sites (tertiary alicyclic amines) is 1. The van der Waals surface area contributed by atoms with Gasteiger partial charge in [-0.05, 0) is 54.5 Å². The zero-order valence-corrected chi connectivity index (χ0v) is 16.7. The van der Waals surface area contributed by atoms with Crippen molar-refractivity contribution in [2.24, 2.45) is 0 Å². The predicted molar refractivity (Wildman–Crippen MR) is 105 cm³/mol. The van der Waals surface area contributed by atoms with E-state index in [1.54, 1.807) is 0 Å². The summed E-state index contributed by atoms with van der Waals surface area (Å²) >= 11 is 0. The minimum absolute atomic E-state index is 0.107. The zero-order chi connectivity index (χ0) is 22.0. The highest BCUT2D eigenvalue weighted by Crippen LogP contribution is 2.39. The van der Waals surface area contributed by atoms with Crippen LogP contribution in [0.4, 0.5) is 18.0 Å². The Balaban J connectivity index is 1.38. The van der Waals surface area contributed by atoms with E-state index in [2.05, 4.69) is 0 Å². The highest BCUT2D eigenvalue weighted by atomic mass is 19.4. The molecule has 0 spiro atoms. The number of ether oxygens (including phenoxy) is 2. The fourth-order valence-corrected chi connectivity index (χ4v) is 4.13. The fourth-order valence-electron chi connectivity index (χ4n) is 4.13. The van der Waals surface area contributed by atoms with Crippen molar-refractivity contribution in [1.29, 1.82) is 0 Å². The van der Waals surface area contributed by atoms with Crippen molar-refractivity contribution in [2.45, 2.75) is 50.6 Å². The molecule has 31 heavy (non-hydrogen) atoms. The molecule has 2 aromatic carbocycles. The van der Waals surface area contributed by atoms with Gasteiger partial charge < -0.3 is 9.47 Å². The minimum atomic E-state index is -4.41. The van der Waals surface area contributed by atoms with E-state index in [4.69, 9.17) is 9.47 Å². The predicted octanol–water partition coefficient (Wildman–Crippen LogP) is 5.04. The highest BCUT2D eigenvalue weighted by Gasteiger charge is 2.39. The smallest absolute Gasteiger partial charge is 0.416 e. The molecule has 0 bridgehead atoms. The number of fused-ring (bicyclic) bond motifs is 1. The largest absolute Gasteiger partial charge is 0.456 e. The van der Waals surface area contributed by atoms with Gasteiger partial charge >= 0.3 is 18.2 Å². The lowest BCUT2D eigenvalue weighted by Gasteiger charge is -2.24. The molecule has 1 amide bonds. The van der Waals surface area contributed by atoms with Crippen LogP contribution in [-0.2, 0) is 33.5 Å². The van der Waals surface area contributed by atoms with Gasteiger partial charge in [-0.15, -0.1) is 0 Å². The van der Waals surface area contributed by atoms with Gasteiger partial charge in [0.05, 0.1) is 5.56 Å². The summed E-state index contributed by atoms with van der Waals surface area (Å²) in [6, 6.07) is 12.0. The molecule has 1 aliphatic carbocycles. The molecular weight excluding hydrogens is 411 g/mol. The summed E-state index contributed by atoms with van der Waals surface area (Å²) in [4.78, 5) is 26.6. The Morgan fingerprint density at radius 3 is 2.58 bits per heavy atom. The molecule has 0 saturated carbocycles. The molecule has 0 radical (unpaired) electrons. The molecule has 1 fully saturated rings. The maximum Gasteiger partial charge on any atom is 0.416 e. The first-order chi connectivity index (χ1) is 14.8.